The summed E-state index contributed by atoms with van der Waals surface area (Å²) in [5.74, 6) is -3.30. The van der Waals surface area contributed by atoms with Crippen LogP contribution in [0.5, 0.6) is 5.75 Å². The Morgan fingerprint density at radius 1 is 0.795 bits per heavy atom. The number of phenolic OH excluding ortho intramolecular Hbond substituents is 1. The minimum atomic E-state index is -1.25. The fourth-order valence-electron chi connectivity index (χ4n) is 3.69. The minimum Gasteiger partial charge on any atom is -0.508 e. The Morgan fingerprint density at radius 3 is 1.87 bits per heavy atom. The average Bonchev–Trinajstić information content (AvgIpc) is 2.90. The molecular weight excluding hydrogens is 506 g/mol. The van der Waals surface area contributed by atoms with Gasteiger partial charge >= 0.3 is 5.97 Å². The monoisotopic (exact) mass is 541 g/mol. The molecule has 0 aliphatic rings. The van der Waals surface area contributed by atoms with E-state index in [0.717, 1.165) is 5.56 Å². The molecule has 0 spiro atoms. The molecule has 13 heteroatoms. The number of aromatic hydroxyl groups is 1. The highest BCUT2D eigenvalue weighted by atomic mass is 16.4. The number of rotatable bonds is 15. The van der Waals surface area contributed by atoms with Gasteiger partial charge < -0.3 is 43.4 Å². The average molecular weight is 542 g/mol. The molecule has 2 aromatic rings. The molecule has 0 aliphatic heterocycles. The summed E-state index contributed by atoms with van der Waals surface area (Å²) < 4.78 is 0. The van der Waals surface area contributed by atoms with E-state index in [4.69, 9.17) is 17.2 Å². The molecule has 2 aromatic carbocycles. The van der Waals surface area contributed by atoms with Gasteiger partial charge in [0.2, 0.25) is 17.7 Å². The van der Waals surface area contributed by atoms with Crippen molar-refractivity contribution < 1.29 is 29.4 Å². The van der Waals surface area contributed by atoms with Gasteiger partial charge in [0.1, 0.15) is 23.9 Å². The van der Waals surface area contributed by atoms with Gasteiger partial charge in [-0.25, -0.2) is 4.79 Å². The van der Waals surface area contributed by atoms with Gasteiger partial charge in [-0.1, -0.05) is 42.5 Å². The maximum absolute atomic E-state index is 13.3. The predicted octanol–water partition coefficient (Wildman–Crippen LogP) is -1.27. The van der Waals surface area contributed by atoms with Gasteiger partial charge in [0, 0.05) is 19.4 Å². The lowest BCUT2D eigenvalue weighted by molar-refractivity contribution is -0.142. The Labute approximate surface area is 225 Å². The number of carboxylic acid groups (broad SMARTS) is 1. The van der Waals surface area contributed by atoms with Crippen LogP contribution in [-0.4, -0.2) is 71.1 Å². The van der Waals surface area contributed by atoms with E-state index < -0.39 is 41.8 Å². The number of carboxylic acids is 1. The van der Waals surface area contributed by atoms with Crippen LogP contribution in [-0.2, 0) is 32.0 Å². The molecule has 0 bridgehead atoms. The second-order valence-corrected chi connectivity index (χ2v) is 8.79. The number of hydrogen-bond acceptors (Lipinski definition) is 7. The van der Waals surface area contributed by atoms with Crippen LogP contribution in [0.3, 0.4) is 0 Å². The van der Waals surface area contributed by atoms with Crippen molar-refractivity contribution in [1.29, 1.82) is 0 Å². The number of amides is 3. The number of nitrogens with two attached hydrogens (primary N) is 3. The molecule has 3 atom stereocenters. The highest BCUT2D eigenvalue weighted by Gasteiger charge is 2.29. The number of aliphatic imine (C=N–C) groups is 1. The molecule has 0 aromatic heterocycles. The van der Waals surface area contributed by atoms with E-state index in [0.29, 0.717) is 12.0 Å². The van der Waals surface area contributed by atoms with E-state index in [9.17, 15) is 29.4 Å². The van der Waals surface area contributed by atoms with Crippen LogP contribution in [0.4, 0.5) is 0 Å². The number of phenols is 1. The van der Waals surface area contributed by atoms with E-state index >= 15 is 0 Å². The predicted molar refractivity (Wildman–Crippen MR) is 144 cm³/mol. The third-order valence-corrected chi connectivity index (χ3v) is 5.69. The number of aliphatic carboxylic acids is 1. The summed E-state index contributed by atoms with van der Waals surface area (Å²) in [6.45, 7) is -0.167. The lowest BCUT2D eigenvalue weighted by Crippen LogP contribution is -2.57. The minimum absolute atomic E-state index is 0.0385. The quantitative estimate of drug-likeness (QED) is 0.0761. The van der Waals surface area contributed by atoms with Crippen LogP contribution in [0.1, 0.15) is 24.0 Å². The number of hydrogen-bond donors (Lipinski definition) is 8. The van der Waals surface area contributed by atoms with Crippen molar-refractivity contribution in [3.63, 3.8) is 0 Å². The molecule has 210 valence electrons. The number of carbonyl (C=O) groups is 4. The number of benzene rings is 2. The zero-order valence-electron chi connectivity index (χ0n) is 21.4. The SMILES string of the molecule is NCC(=O)NC(Cc1ccc(O)cc1)C(=O)NC(Cc1ccccc1)C(=O)NC(CCCN=C(N)N)C(=O)O. The molecule has 0 radical (unpaired) electrons. The smallest absolute Gasteiger partial charge is 0.326 e. The number of nitrogens with one attached hydrogen (secondary N) is 3. The normalized spacial score (nSPS) is 12.8. The Balaban J connectivity index is 2.23. The topological polar surface area (TPSA) is 235 Å². The molecule has 11 N–H and O–H groups in total. The summed E-state index contributed by atoms with van der Waals surface area (Å²) in [6, 6.07) is 11.5. The largest absolute Gasteiger partial charge is 0.508 e. The summed E-state index contributed by atoms with van der Waals surface area (Å²) in [4.78, 5) is 54.2. The lowest BCUT2D eigenvalue weighted by Gasteiger charge is -2.25. The first-order valence-corrected chi connectivity index (χ1v) is 12.3. The molecule has 0 saturated carbocycles. The summed E-state index contributed by atoms with van der Waals surface area (Å²) in [5, 5.41) is 26.8. The summed E-state index contributed by atoms with van der Waals surface area (Å²) >= 11 is 0. The summed E-state index contributed by atoms with van der Waals surface area (Å²) in [5.41, 5.74) is 17.3. The van der Waals surface area contributed by atoms with Crippen molar-refractivity contribution in [2.45, 2.75) is 43.8 Å². The highest BCUT2D eigenvalue weighted by molar-refractivity contribution is 5.94. The van der Waals surface area contributed by atoms with Crippen LogP contribution < -0.4 is 33.2 Å². The molecule has 3 amide bonds. The zero-order chi connectivity index (χ0) is 28.8. The van der Waals surface area contributed by atoms with Crippen LogP contribution in [0, 0.1) is 0 Å². The molecule has 13 nitrogen and oxygen atoms in total. The fourth-order valence-corrected chi connectivity index (χ4v) is 3.69. The zero-order valence-corrected chi connectivity index (χ0v) is 21.4. The lowest BCUT2D eigenvalue weighted by atomic mass is 10.0. The van der Waals surface area contributed by atoms with Crippen LogP contribution in [0.2, 0.25) is 0 Å². The molecule has 0 heterocycles. The maximum Gasteiger partial charge on any atom is 0.326 e. The third kappa shape index (κ3) is 11.1. The van der Waals surface area contributed by atoms with E-state index in [2.05, 4.69) is 20.9 Å². The van der Waals surface area contributed by atoms with Crippen molar-refractivity contribution >= 4 is 29.7 Å². The number of carbonyl (C=O) groups excluding carboxylic acids is 3. The van der Waals surface area contributed by atoms with Crippen molar-refractivity contribution in [1.82, 2.24) is 16.0 Å². The molecule has 2 rings (SSSR count). The van der Waals surface area contributed by atoms with Crippen molar-refractivity contribution in [2.75, 3.05) is 13.1 Å². The third-order valence-electron chi connectivity index (χ3n) is 5.69. The van der Waals surface area contributed by atoms with Gasteiger partial charge in [-0.05, 0) is 36.1 Å². The summed E-state index contributed by atoms with van der Waals surface area (Å²) in [7, 11) is 0. The van der Waals surface area contributed by atoms with E-state index in [1.807, 2.05) is 0 Å². The van der Waals surface area contributed by atoms with E-state index in [-0.39, 0.29) is 44.1 Å². The first-order valence-electron chi connectivity index (χ1n) is 12.3. The Bertz CT molecular complexity index is 1140. The second-order valence-electron chi connectivity index (χ2n) is 8.79. The van der Waals surface area contributed by atoms with Crippen molar-refractivity contribution in [2.24, 2.45) is 22.2 Å². The summed E-state index contributed by atoms with van der Waals surface area (Å²) in [6.07, 6.45) is 0.472. The van der Waals surface area contributed by atoms with Gasteiger partial charge in [-0.2, -0.15) is 0 Å². The van der Waals surface area contributed by atoms with Gasteiger partial charge in [0.05, 0.1) is 6.54 Å². The van der Waals surface area contributed by atoms with Gasteiger partial charge in [0.25, 0.3) is 0 Å². The fraction of sp³-hybridized carbons (Fsp3) is 0.346. The number of nitrogens with zero attached hydrogens (tertiary/aromatic N) is 1. The van der Waals surface area contributed by atoms with Crippen molar-refractivity contribution in [3.8, 4) is 5.75 Å². The molecule has 0 aliphatic carbocycles. The van der Waals surface area contributed by atoms with E-state index in [1.165, 1.54) is 12.1 Å². The van der Waals surface area contributed by atoms with E-state index in [1.54, 1.807) is 42.5 Å². The Kier molecular flexibility index (Phi) is 12.2. The maximum atomic E-state index is 13.3. The first kappa shape index (κ1) is 30.6. The molecule has 0 saturated heterocycles. The van der Waals surface area contributed by atoms with Crippen LogP contribution in [0.15, 0.2) is 59.6 Å². The Morgan fingerprint density at radius 2 is 1.33 bits per heavy atom. The van der Waals surface area contributed by atoms with Crippen LogP contribution in [0.25, 0.3) is 0 Å². The second kappa shape index (κ2) is 15.6. The van der Waals surface area contributed by atoms with Crippen LogP contribution >= 0.6 is 0 Å². The standard InChI is InChI=1S/C26H35N7O6/c27-15-22(35)31-20(14-17-8-10-18(34)11-9-17)23(36)33-21(13-16-5-2-1-3-6-16)24(37)32-19(25(38)39)7-4-12-30-26(28)29/h1-3,5-6,8-11,19-21,34H,4,7,12-15,27H2,(H,31,35)(H,32,37)(H,33,36)(H,38,39)(H4,28,29,30). The molecule has 3 unspecified atom stereocenters. The molecule has 0 fully saturated rings. The van der Waals surface area contributed by atoms with Gasteiger partial charge in [0.15, 0.2) is 5.96 Å². The molecule has 39 heavy (non-hydrogen) atoms. The number of guanidine groups is 1. The molecular formula is C26H35N7O6. The van der Waals surface area contributed by atoms with Gasteiger partial charge in [-0.15, -0.1) is 0 Å². The Hall–Kier alpha value is -4.65. The van der Waals surface area contributed by atoms with Crippen molar-refractivity contribution in [3.05, 3.63) is 65.7 Å². The van der Waals surface area contributed by atoms with Gasteiger partial charge in [-0.3, -0.25) is 19.4 Å². The highest BCUT2D eigenvalue weighted by Crippen LogP contribution is 2.12. The first-order chi connectivity index (χ1) is 18.6.